The molecule has 7 heteroatoms. The van der Waals surface area contributed by atoms with E-state index in [0.29, 0.717) is 24.6 Å². The number of carbonyl (C=O) groups is 1. The van der Waals surface area contributed by atoms with E-state index in [0.717, 1.165) is 49.8 Å². The van der Waals surface area contributed by atoms with E-state index in [1.165, 1.54) is 6.42 Å². The minimum Gasteiger partial charge on any atom is -0.343 e. The average molecular weight is 338 g/mol. The summed E-state index contributed by atoms with van der Waals surface area (Å²) < 4.78 is 0. The molecular formula is C18H22N6O. The number of piperidine rings is 1. The van der Waals surface area contributed by atoms with Crippen LogP contribution in [-0.2, 0) is 4.79 Å². The highest BCUT2D eigenvalue weighted by Crippen LogP contribution is 2.23. The second-order valence-electron chi connectivity index (χ2n) is 6.58. The SMILES string of the molecule is CC1=NC2=NC(CCCC(=O)N3CCCCC3)=NC3=CC=CC(=N1)N32. The average Bonchev–Trinajstić information content (AvgIpc) is 2.62. The van der Waals surface area contributed by atoms with Crippen molar-refractivity contribution in [1.29, 1.82) is 0 Å². The van der Waals surface area contributed by atoms with Gasteiger partial charge >= 0.3 is 0 Å². The normalized spacial score (nSPS) is 21.7. The molecule has 4 rings (SSSR count). The molecule has 0 aliphatic carbocycles. The zero-order valence-electron chi connectivity index (χ0n) is 14.5. The van der Waals surface area contributed by atoms with Gasteiger partial charge in [-0.15, -0.1) is 0 Å². The molecule has 130 valence electrons. The van der Waals surface area contributed by atoms with Gasteiger partial charge in [0.05, 0.1) is 0 Å². The number of hydrogen-bond acceptors (Lipinski definition) is 6. The zero-order valence-corrected chi connectivity index (χ0v) is 14.5. The highest BCUT2D eigenvalue weighted by molar-refractivity contribution is 6.20. The number of hydrogen-bond donors (Lipinski definition) is 0. The Balaban J connectivity index is 1.40. The summed E-state index contributed by atoms with van der Waals surface area (Å²) in [6, 6.07) is 0. The molecule has 0 aromatic carbocycles. The summed E-state index contributed by atoms with van der Waals surface area (Å²) in [6.07, 6.45) is 11.3. The van der Waals surface area contributed by atoms with Crippen molar-refractivity contribution in [2.45, 2.75) is 45.4 Å². The molecule has 25 heavy (non-hydrogen) atoms. The third kappa shape index (κ3) is 3.31. The van der Waals surface area contributed by atoms with Crippen LogP contribution in [0.5, 0.6) is 0 Å². The van der Waals surface area contributed by atoms with Crippen molar-refractivity contribution >= 4 is 29.4 Å². The summed E-state index contributed by atoms with van der Waals surface area (Å²) in [7, 11) is 0. The number of rotatable bonds is 4. The molecule has 4 heterocycles. The van der Waals surface area contributed by atoms with Crippen LogP contribution >= 0.6 is 0 Å². The topological polar surface area (TPSA) is 73.0 Å². The maximum atomic E-state index is 12.3. The molecule has 4 aliphatic heterocycles. The van der Waals surface area contributed by atoms with Crippen LogP contribution in [0.2, 0.25) is 0 Å². The smallest absolute Gasteiger partial charge is 0.240 e. The summed E-state index contributed by atoms with van der Waals surface area (Å²) in [5, 5.41) is 0. The van der Waals surface area contributed by atoms with Crippen molar-refractivity contribution in [3.8, 4) is 0 Å². The van der Waals surface area contributed by atoms with Crippen LogP contribution < -0.4 is 0 Å². The van der Waals surface area contributed by atoms with E-state index in [4.69, 9.17) is 0 Å². The monoisotopic (exact) mass is 338 g/mol. The van der Waals surface area contributed by atoms with Gasteiger partial charge in [0.15, 0.2) is 0 Å². The predicted molar refractivity (Wildman–Crippen MR) is 98.8 cm³/mol. The lowest BCUT2D eigenvalue weighted by Crippen LogP contribution is -2.41. The molecule has 0 bridgehead atoms. The Kier molecular flexibility index (Phi) is 4.29. The predicted octanol–water partition coefficient (Wildman–Crippen LogP) is 2.48. The number of carbonyl (C=O) groups excluding carboxylic acids is 1. The molecule has 1 amide bonds. The summed E-state index contributed by atoms with van der Waals surface area (Å²) in [5.41, 5.74) is 0. The van der Waals surface area contributed by atoms with E-state index in [9.17, 15) is 4.79 Å². The molecule has 1 saturated heterocycles. The van der Waals surface area contributed by atoms with E-state index in [1.54, 1.807) is 0 Å². The first-order valence-electron chi connectivity index (χ1n) is 8.97. The third-order valence-electron chi connectivity index (χ3n) is 4.66. The van der Waals surface area contributed by atoms with Crippen LogP contribution in [0, 0.1) is 0 Å². The lowest BCUT2D eigenvalue weighted by atomic mass is 10.1. The minimum absolute atomic E-state index is 0.256. The maximum absolute atomic E-state index is 12.3. The summed E-state index contributed by atoms with van der Waals surface area (Å²) in [5.74, 6) is 3.89. The lowest BCUT2D eigenvalue weighted by Gasteiger charge is -2.31. The van der Waals surface area contributed by atoms with E-state index >= 15 is 0 Å². The molecule has 0 N–H and O–H groups in total. The Hall–Kier alpha value is -2.57. The number of allylic oxidation sites excluding steroid dienone is 2. The number of guanidine groups is 1. The Morgan fingerprint density at radius 3 is 2.80 bits per heavy atom. The number of amides is 1. The van der Waals surface area contributed by atoms with Gasteiger partial charge < -0.3 is 4.90 Å². The molecule has 4 aliphatic rings. The van der Waals surface area contributed by atoms with Gasteiger partial charge in [0.1, 0.15) is 23.3 Å². The highest BCUT2D eigenvalue weighted by atomic mass is 16.2. The van der Waals surface area contributed by atoms with Crippen molar-refractivity contribution in [2.24, 2.45) is 20.0 Å². The Bertz CT molecular complexity index is 764. The zero-order chi connectivity index (χ0) is 17.2. The van der Waals surface area contributed by atoms with E-state index in [1.807, 2.05) is 35.0 Å². The van der Waals surface area contributed by atoms with Gasteiger partial charge in [0.2, 0.25) is 11.9 Å². The van der Waals surface area contributed by atoms with Crippen LogP contribution in [0.15, 0.2) is 44.0 Å². The van der Waals surface area contributed by atoms with Crippen LogP contribution in [0.4, 0.5) is 0 Å². The molecule has 0 unspecified atom stereocenters. The van der Waals surface area contributed by atoms with Crippen molar-refractivity contribution < 1.29 is 4.79 Å². The third-order valence-corrected chi connectivity index (χ3v) is 4.66. The first-order chi connectivity index (χ1) is 12.2. The van der Waals surface area contributed by atoms with Crippen molar-refractivity contribution in [2.75, 3.05) is 13.1 Å². The molecular weight excluding hydrogens is 316 g/mol. The highest BCUT2D eigenvalue weighted by Gasteiger charge is 2.29. The van der Waals surface area contributed by atoms with Gasteiger partial charge in [-0.25, -0.2) is 14.9 Å². The number of aliphatic imine (C=N–C) groups is 4. The Labute approximate surface area is 147 Å². The second kappa shape index (κ2) is 6.74. The number of likely N-dealkylation sites (tertiary alicyclic amines) is 1. The lowest BCUT2D eigenvalue weighted by molar-refractivity contribution is -0.132. The minimum atomic E-state index is 0.256. The summed E-state index contributed by atoms with van der Waals surface area (Å²) >= 11 is 0. The first kappa shape index (κ1) is 15.9. The van der Waals surface area contributed by atoms with Gasteiger partial charge in [-0.1, -0.05) is 6.08 Å². The summed E-state index contributed by atoms with van der Waals surface area (Å²) in [4.78, 5) is 34.1. The fourth-order valence-electron chi connectivity index (χ4n) is 3.41. The number of nitrogens with zero attached hydrogens (tertiary/aromatic N) is 6. The summed E-state index contributed by atoms with van der Waals surface area (Å²) in [6.45, 7) is 3.68. The second-order valence-corrected chi connectivity index (χ2v) is 6.58. The van der Waals surface area contributed by atoms with Crippen LogP contribution in [0.1, 0.15) is 45.4 Å². The van der Waals surface area contributed by atoms with Gasteiger partial charge in [-0.3, -0.25) is 4.79 Å². The van der Waals surface area contributed by atoms with Gasteiger partial charge in [-0.05, 0) is 44.8 Å². The van der Waals surface area contributed by atoms with Crippen LogP contribution in [0.3, 0.4) is 0 Å². The molecule has 0 aromatic heterocycles. The fourth-order valence-corrected chi connectivity index (χ4v) is 3.41. The van der Waals surface area contributed by atoms with Crippen LogP contribution in [0.25, 0.3) is 0 Å². The molecule has 1 fully saturated rings. The standard InChI is InChI=1S/C18H22N6O/c1-13-19-15-8-6-9-16-21-14(22-18(20-13)24(15)16)7-5-10-17(25)23-11-3-2-4-12-23/h6,8-9H,2-5,7,10-12H2,1H3. The first-order valence-corrected chi connectivity index (χ1v) is 8.97. The molecule has 0 saturated carbocycles. The molecule has 0 atom stereocenters. The maximum Gasteiger partial charge on any atom is 0.240 e. The van der Waals surface area contributed by atoms with Crippen molar-refractivity contribution in [3.63, 3.8) is 0 Å². The van der Waals surface area contributed by atoms with Gasteiger partial charge in [0, 0.05) is 25.9 Å². The molecule has 0 radical (unpaired) electrons. The quantitative estimate of drug-likeness (QED) is 0.790. The van der Waals surface area contributed by atoms with E-state index < -0.39 is 0 Å². The van der Waals surface area contributed by atoms with E-state index in [-0.39, 0.29) is 5.91 Å². The van der Waals surface area contributed by atoms with Gasteiger partial charge in [-0.2, -0.15) is 9.98 Å². The van der Waals surface area contributed by atoms with E-state index in [2.05, 4.69) is 20.0 Å². The largest absolute Gasteiger partial charge is 0.343 e. The van der Waals surface area contributed by atoms with Gasteiger partial charge in [0.25, 0.3) is 0 Å². The number of amidine groups is 3. The molecule has 0 aromatic rings. The Morgan fingerprint density at radius 1 is 1.12 bits per heavy atom. The molecule has 7 nitrogen and oxygen atoms in total. The van der Waals surface area contributed by atoms with Crippen molar-refractivity contribution in [3.05, 3.63) is 24.0 Å². The fraction of sp³-hybridized carbons (Fsp3) is 0.500. The van der Waals surface area contributed by atoms with Crippen molar-refractivity contribution in [1.82, 2.24) is 9.80 Å². The molecule has 0 spiro atoms. The Morgan fingerprint density at radius 2 is 1.96 bits per heavy atom. The van der Waals surface area contributed by atoms with Crippen LogP contribution in [-0.4, -0.2) is 52.3 Å².